The number of aromatic hydroxyl groups is 1. The summed E-state index contributed by atoms with van der Waals surface area (Å²) in [4.78, 5) is 7.09. The van der Waals surface area contributed by atoms with Crippen LogP contribution in [0.3, 0.4) is 0 Å². The van der Waals surface area contributed by atoms with Gasteiger partial charge in [0.2, 0.25) is 0 Å². The summed E-state index contributed by atoms with van der Waals surface area (Å²) in [6, 6.07) is 22.4. The van der Waals surface area contributed by atoms with Gasteiger partial charge in [0.05, 0.1) is 10.2 Å². The van der Waals surface area contributed by atoms with Gasteiger partial charge in [0.15, 0.2) is 11.5 Å². The van der Waals surface area contributed by atoms with Crippen LogP contribution in [0.4, 0.5) is 0 Å². The molecule has 0 aliphatic carbocycles. The smallest absolute Gasteiger partial charge is 0.165 e. The first-order chi connectivity index (χ1) is 13.8. The molecule has 2 heterocycles. The lowest BCUT2D eigenvalue weighted by Crippen LogP contribution is -2.25. The molecule has 0 atom stereocenters. The summed E-state index contributed by atoms with van der Waals surface area (Å²) >= 11 is 1.64. The zero-order valence-electron chi connectivity index (χ0n) is 15.3. The normalized spacial score (nSPS) is 14.4. The molecule has 0 saturated carbocycles. The summed E-state index contributed by atoms with van der Waals surface area (Å²) in [5, 5.41) is 11.5. The molecule has 1 N–H and O–H groups in total. The number of aromatic nitrogens is 1. The van der Waals surface area contributed by atoms with E-state index in [1.165, 1.54) is 5.56 Å². The maximum atomic E-state index is 10.6. The van der Waals surface area contributed by atoms with Crippen molar-refractivity contribution in [3.8, 4) is 22.1 Å². The van der Waals surface area contributed by atoms with E-state index in [-0.39, 0.29) is 5.75 Å². The standard InChI is InChI=1S/C23H20N2O2S/c26-20-13-17(23-24-19-8-4-5-9-21(19)28-23)12-18-15-25(10-11-27-22(18)20)14-16-6-2-1-3-7-16/h1-9,12-13,26H,10-11,14-15H2. The number of fused-ring (bicyclic) bond motifs is 2. The molecule has 0 spiro atoms. The Morgan fingerprint density at radius 1 is 1.04 bits per heavy atom. The summed E-state index contributed by atoms with van der Waals surface area (Å²) in [5.74, 6) is 0.786. The number of phenolic OH excluding ortho intramolecular Hbond substituents is 1. The predicted octanol–water partition coefficient (Wildman–Crippen LogP) is 5.06. The van der Waals surface area contributed by atoms with Gasteiger partial charge in [-0.15, -0.1) is 11.3 Å². The first-order valence-corrected chi connectivity index (χ1v) is 10.2. The molecule has 140 valence electrons. The average Bonchev–Trinajstić information content (AvgIpc) is 3.04. The van der Waals surface area contributed by atoms with E-state index in [2.05, 4.69) is 41.3 Å². The number of para-hydroxylation sites is 1. The topological polar surface area (TPSA) is 45.6 Å². The minimum atomic E-state index is 0.188. The molecule has 1 aliphatic rings. The van der Waals surface area contributed by atoms with Gasteiger partial charge in [-0.05, 0) is 29.8 Å². The van der Waals surface area contributed by atoms with Gasteiger partial charge in [-0.2, -0.15) is 0 Å². The van der Waals surface area contributed by atoms with Crippen LogP contribution in [0.15, 0.2) is 66.7 Å². The largest absolute Gasteiger partial charge is 0.504 e. The van der Waals surface area contributed by atoms with Gasteiger partial charge >= 0.3 is 0 Å². The van der Waals surface area contributed by atoms with Crippen LogP contribution in [-0.4, -0.2) is 28.1 Å². The number of ether oxygens (including phenoxy) is 1. The van der Waals surface area contributed by atoms with Crippen LogP contribution >= 0.6 is 11.3 Å². The number of nitrogens with zero attached hydrogens (tertiary/aromatic N) is 2. The molecule has 1 aliphatic heterocycles. The molecule has 3 aromatic carbocycles. The molecular formula is C23H20N2O2S. The number of thiazole rings is 1. The monoisotopic (exact) mass is 388 g/mol. The molecule has 5 heteroatoms. The van der Waals surface area contributed by atoms with E-state index < -0.39 is 0 Å². The molecule has 1 aromatic heterocycles. The molecule has 4 aromatic rings. The molecule has 28 heavy (non-hydrogen) atoms. The van der Waals surface area contributed by atoms with Gasteiger partial charge in [0, 0.05) is 30.8 Å². The third kappa shape index (κ3) is 3.35. The minimum Gasteiger partial charge on any atom is -0.504 e. The second-order valence-electron chi connectivity index (χ2n) is 7.02. The van der Waals surface area contributed by atoms with E-state index in [1.54, 1.807) is 17.4 Å². The number of rotatable bonds is 3. The van der Waals surface area contributed by atoms with Crippen molar-refractivity contribution in [3.63, 3.8) is 0 Å². The van der Waals surface area contributed by atoms with Crippen molar-refractivity contribution in [2.45, 2.75) is 13.1 Å². The van der Waals surface area contributed by atoms with Gasteiger partial charge in [-0.25, -0.2) is 4.98 Å². The number of hydrogen-bond donors (Lipinski definition) is 1. The maximum Gasteiger partial charge on any atom is 0.165 e. The van der Waals surface area contributed by atoms with E-state index in [0.717, 1.165) is 46.0 Å². The summed E-state index contributed by atoms with van der Waals surface area (Å²) < 4.78 is 7.04. The fraction of sp³-hybridized carbons (Fsp3) is 0.174. The van der Waals surface area contributed by atoms with Gasteiger partial charge in [-0.3, -0.25) is 4.90 Å². The van der Waals surface area contributed by atoms with Crippen LogP contribution in [0.1, 0.15) is 11.1 Å². The molecule has 0 fully saturated rings. The second kappa shape index (κ2) is 7.26. The van der Waals surface area contributed by atoms with Gasteiger partial charge in [0.1, 0.15) is 11.6 Å². The molecule has 4 nitrogen and oxygen atoms in total. The average molecular weight is 388 g/mol. The van der Waals surface area contributed by atoms with Crippen molar-refractivity contribution in [1.82, 2.24) is 9.88 Å². The van der Waals surface area contributed by atoms with Crippen molar-refractivity contribution in [2.24, 2.45) is 0 Å². The Kier molecular flexibility index (Phi) is 4.47. The molecular weight excluding hydrogens is 368 g/mol. The Morgan fingerprint density at radius 2 is 1.86 bits per heavy atom. The second-order valence-corrected chi connectivity index (χ2v) is 8.05. The predicted molar refractivity (Wildman–Crippen MR) is 113 cm³/mol. The SMILES string of the molecule is Oc1cc(-c2nc3ccccc3s2)cc2c1OCCN(Cc1ccccc1)C2. The zero-order valence-corrected chi connectivity index (χ0v) is 16.2. The van der Waals surface area contributed by atoms with E-state index >= 15 is 0 Å². The Hall–Kier alpha value is -2.89. The van der Waals surface area contributed by atoms with Crippen molar-refractivity contribution >= 4 is 21.6 Å². The molecule has 0 unspecified atom stereocenters. The Bertz CT molecular complexity index is 1090. The first-order valence-electron chi connectivity index (χ1n) is 9.37. The van der Waals surface area contributed by atoms with Crippen LogP contribution < -0.4 is 4.74 Å². The number of hydrogen-bond acceptors (Lipinski definition) is 5. The fourth-order valence-corrected chi connectivity index (χ4v) is 4.60. The summed E-state index contributed by atoms with van der Waals surface area (Å²) in [5.41, 5.74) is 4.20. The van der Waals surface area contributed by atoms with Crippen molar-refractivity contribution in [3.05, 3.63) is 77.9 Å². The summed E-state index contributed by atoms with van der Waals surface area (Å²) in [6.07, 6.45) is 0. The van der Waals surface area contributed by atoms with Crippen LogP contribution in [0, 0.1) is 0 Å². The van der Waals surface area contributed by atoms with Crippen molar-refractivity contribution < 1.29 is 9.84 Å². The highest BCUT2D eigenvalue weighted by atomic mass is 32.1. The van der Waals surface area contributed by atoms with Crippen molar-refractivity contribution in [2.75, 3.05) is 13.2 Å². The third-order valence-electron chi connectivity index (χ3n) is 4.98. The van der Waals surface area contributed by atoms with E-state index in [4.69, 9.17) is 9.72 Å². The maximum absolute atomic E-state index is 10.6. The Balaban J connectivity index is 1.49. The molecule has 5 rings (SSSR count). The van der Waals surface area contributed by atoms with Crippen LogP contribution in [0.5, 0.6) is 11.5 Å². The van der Waals surface area contributed by atoms with Crippen LogP contribution in [-0.2, 0) is 13.1 Å². The highest BCUT2D eigenvalue weighted by molar-refractivity contribution is 7.21. The van der Waals surface area contributed by atoms with Gasteiger partial charge in [-0.1, -0.05) is 42.5 Å². The van der Waals surface area contributed by atoms with Gasteiger partial charge in [0.25, 0.3) is 0 Å². The Morgan fingerprint density at radius 3 is 2.71 bits per heavy atom. The first kappa shape index (κ1) is 17.2. The molecule has 0 saturated heterocycles. The van der Waals surface area contributed by atoms with Crippen LogP contribution in [0.25, 0.3) is 20.8 Å². The Labute approximate surface area is 167 Å². The van der Waals surface area contributed by atoms with Gasteiger partial charge < -0.3 is 9.84 Å². The summed E-state index contributed by atoms with van der Waals surface area (Å²) in [7, 11) is 0. The van der Waals surface area contributed by atoms with Crippen LogP contribution in [0.2, 0.25) is 0 Å². The lowest BCUT2D eigenvalue weighted by atomic mass is 10.1. The highest BCUT2D eigenvalue weighted by Gasteiger charge is 2.21. The number of benzene rings is 3. The quantitative estimate of drug-likeness (QED) is 0.533. The molecule has 0 bridgehead atoms. The molecule has 0 amide bonds. The fourth-order valence-electron chi connectivity index (χ4n) is 3.65. The van der Waals surface area contributed by atoms with Crippen molar-refractivity contribution in [1.29, 1.82) is 0 Å². The summed E-state index contributed by atoms with van der Waals surface area (Å²) in [6.45, 7) is 2.97. The van der Waals surface area contributed by atoms with E-state index in [1.807, 2.05) is 24.3 Å². The zero-order chi connectivity index (χ0) is 18.9. The highest BCUT2D eigenvalue weighted by Crippen LogP contribution is 2.39. The lowest BCUT2D eigenvalue weighted by Gasteiger charge is -2.19. The third-order valence-corrected chi connectivity index (χ3v) is 6.07. The minimum absolute atomic E-state index is 0.188. The molecule has 0 radical (unpaired) electrons. The van der Waals surface area contributed by atoms with E-state index in [0.29, 0.717) is 12.4 Å². The van der Waals surface area contributed by atoms with E-state index in [9.17, 15) is 5.11 Å². The lowest BCUT2D eigenvalue weighted by molar-refractivity contribution is 0.217. The number of phenols is 1.